The maximum absolute atomic E-state index is 11.1. The van der Waals surface area contributed by atoms with Crippen molar-refractivity contribution in [2.24, 2.45) is 0 Å². The summed E-state index contributed by atoms with van der Waals surface area (Å²) in [6, 6.07) is 0. The summed E-state index contributed by atoms with van der Waals surface area (Å²) in [5.74, 6) is -0.426. The van der Waals surface area contributed by atoms with Gasteiger partial charge in [0.1, 0.15) is 12.2 Å². The number of rotatable bonds is 2. The Kier molecular flexibility index (Phi) is 3.22. The van der Waals surface area contributed by atoms with Crippen LogP contribution in [-0.4, -0.2) is 37.5 Å². The molecule has 72 valence electrons. The number of hydrogen-bond acceptors (Lipinski definition) is 4. The van der Waals surface area contributed by atoms with Crippen LogP contribution in [-0.2, 0) is 14.3 Å². The molecule has 13 heavy (non-hydrogen) atoms. The highest BCUT2D eigenvalue weighted by Gasteiger charge is 2.20. The van der Waals surface area contributed by atoms with Gasteiger partial charge in [0.2, 0.25) is 0 Å². The molecule has 0 saturated carbocycles. The van der Waals surface area contributed by atoms with Crippen molar-refractivity contribution in [1.29, 1.82) is 0 Å². The highest BCUT2D eigenvalue weighted by molar-refractivity contribution is 5.91. The van der Waals surface area contributed by atoms with Gasteiger partial charge in [-0.3, -0.25) is 0 Å². The van der Waals surface area contributed by atoms with Crippen LogP contribution in [0.2, 0.25) is 0 Å². The fourth-order valence-electron chi connectivity index (χ4n) is 1.10. The molecule has 0 bridgehead atoms. The molecule has 2 atom stereocenters. The zero-order chi connectivity index (χ0) is 9.84. The van der Waals surface area contributed by atoms with Crippen LogP contribution >= 0.6 is 0 Å². The molecule has 1 rings (SSSR count). The lowest BCUT2D eigenvalue weighted by molar-refractivity contribution is -0.135. The lowest BCUT2D eigenvalue weighted by Gasteiger charge is -2.19. The largest absolute Gasteiger partial charge is 0.465 e. The van der Waals surface area contributed by atoms with E-state index in [2.05, 4.69) is 4.74 Å². The van der Waals surface area contributed by atoms with Crippen molar-refractivity contribution in [2.75, 3.05) is 14.2 Å². The molecule has 0 spiro atoms. The average molecular weight is 184 g/mol. The highest BCUT2D eigenvalue weighted by atomic mass is 16.5. The SMILES string of the molecule is COC(=O)C1=CC(OC)C(O)C=C1. The van der Waals surface area contributed by atoms with Crippen molar-refractivity contribution < 1.29 is 19.4 Å². The summed E-state index contributed by atoms with van der Waals surface area (Å²) in [6.45, 7) is 0. The van der Waals surface area contributed by atoms with Crippen molar-refractivity contribution in [3.8, 4) is 0 Å². The maximum atomic E-state index is 11.1. The smallest absolute Gasteiger partial charge is 0.337 e. The molecular weight excluding hydrogens is 172 g/mol. The molecule has 0 saturated heterocycles. The quantitative estimate of drug-likeness (QED) is 0.615. The molecule has 0 fully saturated rings. The van der Waals surface area contributed by atoms with Crippen molar-refractivity contribution in [3.63, 3.8) is 0 Å². The Hall–Kier alpha value is -1.13. The first kappa shape index (κ1) is 9.95. The molecule has 0 aromatic heterocycles. The Bertz CT molecular complexity index is 254. The fourth-order valence-corrected chi connectivity index (χ4v) is 1.10. The minimum Gasteiger partial charge on any atom is -0.465 e. The summed E-state index contributed by atoms with van der Waals surface area (Å²) < 4.78 is 9.46. The minimum atomic E-state index is -0.696. The Balaban J connectivity index is 2.78. The minimum absolute atomic E-state index is 0.402. The monoisotopic (exact) mass is 184 g/mol. The number of hydrogen-bond donors (Lipinski definition) is 1. The van der Waals surface area contributed by atoms with E-state index in [9.17, 15) is 9.90 Å². The Morgan fingerprint density at radius 2 is 2.23 bits per heavy atom. The first-order chi connectivity index (χ1) is 6.19. The second kappa shape index (κ2) is 4.20. The van der Waals surface area contributed by atoms with Crippen LogP contribution in [0.3, 0.4) is 0 Å². The van der Waals surface area contributed by atoms with Crippen LogP contribution in [0.1, 0.15) is 0 Å². The van der Waals surface area contributed by atoms with Gasteiger partial charge in [-0.2, -0.15) is 0 Å². The standard InChI is InChI=1S/C9H12O4/c1-12-8-5-6(9(11)13-2)3-4-7(8)10/h3-5,7-8,10H,1-2H3. The number of carbonyl (C=O) groups is 1. The third-order valence-corrected chi connectivity index (χ3v) is 1.85. The van der Waals surface area contributed by atoms with E-state index in [4.69, 9.17) is 4.74 Å². The summed E-state index contributed by atoms with van der Waals surface area (Å²) in [5.41, 5.74) is 0.402. The third-order valence-electron chi connectivity index (χ3n) is 1.85. The molecule has 0 amide bonds. The van der Waals surface area contributed by atoms with Gasteiger partial charge >= 0.3 is 5.97 Å². The first-order valence-corrected chi connectivity index (χ1v) is 3.88. The van der Waals surface area contributed by atoms with Crippen LogP contribution in [0, 0.1) is 0 Å². The fraction of sp³-hybridized carbons (Fsp3) is 0.444. The number of carbonyl (C=O) groups excluding carboxylic acids is 1. The lowest BCUT2D eigenvalue weighted by atomic mass is 10.0. The van der Waals surface area contributed by atoms with Gasteiger partial charge in [-0.1, -0.05) is 6.08 Å². The molecule has 0 heterocycles. The molecule has 4 heteroatoms. The topological polar surface area (TPSA) is 55.8 Å². The number of aliphatic hydroxyl groups excluding tert-OH is 1. The van der Waals surface area contributed by atoms with E-state index in [0.717, 1.165) is 0 Å². The predicted octanol–water partition coefficient (Wildman–Crippen LogP) is 0.0315. The van der Waals surface area contributed by atoms with E-state index < -0.39 is 18.2 Å². The Morgan fingerprint density at radius 3 is 2.77 bits per heavy atom. The van der Waals surface area contributed by atoms with Gasteiger partial charge < -0.3 is 14.6 Å². The summed E-state index contributed by atoms with van der Waals surface area (Å²) in [5, 5.41) is 9.33. The zero-order valence-electron chi connectivity index (χ0n) is 7.56. The van der Waals surface area contributed by atoms with E-state index in [0.29, 0.717) is 5.57 Å². The van der Waals surface area contributed by atoms with E-state index in [1.165, 1.54) is 32.4 Å². The molecule has 0 aromatic carbocycles. The number of aliphatic hydroxyl groups is 1. The lowest BCUT2D eigenvalue weighted by Crippen LogP contribution is -2.27. The van der Waals surface area contributed by atoms with Crippen molar-refractivity contribution in [1.82, 2.24) is 0 Å². The number of methoxy groups -OCH3 is 2. The van der Waals surface area contributed by atoms with Crippen LogP contribution in [0.5, 0.6) is 0 Å². The Labute approximate surface area is 76.5 Å². The van der Waals surface area contributed by atoms with Gasteiger partial charge in [-0.15, -0.1) is 0 Å². The van der Waals surface area contributed by atoms with E-state index >= 15 is 0 Å². The molecule has 2 unspecified atom stereocenters. The molecule has 0 aliphatic heterocycles. The molecule has 1 aliphatic carbocycles. The van der Waals surface area contributed by atoms with Gasteiger partial charge in [-0.05, 0) is 12.2 Å². The van der Waals surface area contributed by atoms with Gasteiger partial charge in [0.15, 0.2) is 0 Å². The normalized spacial score (nSPS) is 26.8. The zero-order valence-corrected chi connectivity index (χ0v) is 7.56. The number of ether oxygens (including phenoxy) is 2. The molecule has 1 aliphatic rings. The average Bonchev–Trinajstić information content (AvgIpc) is 2.17. The van der Waals surface area contributed by atoms with Crippen molar-refractivity contribution >= 4 is 5.97 Å². The van der Waals surface area contributed by atoms with Gasteiger partial charge in [0, 0.05) is 7.11 Å². The Morgan fingerprint density at radius 1 is 1.54 bits per heavy atom. The third kappa shape index (κ3) is 2.17. The molecule has 0 radical (unpaired) electrons. The van der Waals surface area contributed by atoms with Crippen molar-refractivity contribution in [2.45, 2.75) is 12.2 Å². The van der Waals surface area contributed by atoms with Gasteiger partial charge in [0.25, 0.3) is 0 Å². The molecule has 1 N–H and O–H groups in total. The van der Waals surface area contributed by atoms with E-state index in [1.54, 1.807) is 0 Å². The second-order valence-electron chi connectivity index (χ2n) is 2.66. The van der Waals surface area contributed by atoms with Crippen LogP contribution < -0.4 is 0 Å². The van der Waals surface area contributed by atoms with E-state index in [1.807, 2.05) is 0 Å². The maximum Gasteiger partial charge on any atom is 0.337 e. The molecular formula is C9H12O4. The summed E-state index contributed by atoms with van der Waals surface area (Å²) >= 11 is 0. The second-order valence-corrected chi connectivity index (χ2v) is 2.66. The summed E-state index contributed by atoms with van der Waals surface area (Å²) in [6.07, 6.45) is 3.39. The molecule has 0 aromatic rings. The van der Waals surface area contributed by atoms with E-state index in [-0.39, 0.29) is 0 Å². The molecule has 4 nitrogen and oxygen atoms in total. The van der Waals surface area contributed by atoms with Gasteiger partial charge in [-0.25, -0.2) is 4.79 Å². The first-order valence-electron chi connectivity index (χ1n) is 3.88. The van der Waals surface area contributed by atoms with Crippen LogP contribution in [0.15, 0.2) is 23.8 Å². The van der Waals surface area contributed by atoms with Gasteiger partial charge in [0.05, 0.1) is 12.7 Å². The predicted molar refractivity (Wildman–Crippen MR) is 46.0 cm³/mol. The highest BCUT2D eigenvalue weighted by Crippen LogP contribution is 2.14. The van der Waals surface area contributed by atoms with Crippen molar-refractivity contribution in [3.05, 3.63) is 23.8 Å². The van der Waals surface area contributed by atoms with Crippen LogP contribution in [0.25, 0.3) is 0 Å². The van der Waals surface area contributed by atoms with Crippen LogP contribution in [0.4, 0.5) is 0 Å². The summed E-state index contributed by atoms with van der Waals surface area (Å²) in [7, 11) is 2.78. The number of esters is 1. The summed E-state index contributed by atoms with van der Waals surface area (Å²) in [4.78, 5) is 11.1.